The number of aromatic nitrogens is 2. The Kier molecular flexibility index (Phi) is 2.87. The highest BCUT2D eigenvalue weighted by molar-refractivity contribution is 6.92. The van der Waals surface area contributed by atoms with E-state index in [9.17, 15) is 0 Å². The first-order chi connectivity index (χ1) is 17.9. The molecule has 0 saturated carbocycles. The van der Waals surface area contributed by atoms with Gasteiger partial charge in [-0.3, -0.25) is 0 Å². The monoisotopic (exact) mass is 456 g/mol. The lowest BCUT2D eigenvalue weighted by molar-refractivity contribution is -0.646. The van der Waals surface area contributed by atoms with Crippen LogP contribution in [0.15, 0.2) is 103 Å². The van der Waals surface area contributed by atoms with Gasteiger partial charge in [0.15, 0.2) is 11.0 Å². The van der Waals surface area contributed by atoms with Crippen molar-refractivity contribution < 1.29 is 4.57 Å². The van der Waals surface area contributed by atoms with Gasteiger partial charge >= 0.3 is 12.7 Å². The summed E-state index contributed by atoms with van der Waals surface area (Å²) in [7, 11) is 0. The molecule has 0 aliphatic carbocycles. The van der Waals surface area contributed by atoms with E-state index in [4.69, 9.17) is 0 Å². The fraction of sp³-hybridized carbons (Fsp3) is 0.0312. The van der Waals surface area contributed by atoms with Gasteiger partial charge < -0.3 is 0 Å². The van der Waals surface area contributed by atoms with Crippen LogP contribution in [0, 0.1) is 0 Å². The molecule has 1 aromatic heterocycles. The van der Waals surface area contributed by atoms with Crippen LogP contribution in [0.2, 0.25) is 0 Å². The fourth-order valence-electron chi connectivity index (χ4n) is 7.52. The van der Waals surface area contributed by atoms with E-state index in [1.54, 1.807) is 0 Å². The van der Waals surface area contributed by atoms with Crippen LogP contribution in [0.4, 0.5) is 5.69 Å². The Bertz CT molecular complexity index is 2160. The molecule has 4 heteroatoms. The SMILES string of the molecule is c1cc2c3c(c1)B1c4cccc5c6ccccc6c6cccc(c6c45)N1n1c-3[n+](c3ccccc31)C2. The van der Waals surface area contributed by atoms with E-state index in [-0.39, 0.29) is 6.85 Å². The number of hydrogen-bond acceptors (Lipinski definition) is 1. The van der Waals surface area contributed by atoms with E-state index in [1.807, 2.05) is 0 Å². The van der Waals surface area contributed by atoms with Gasteiger partial charge in [-0.1, -0.05) is 84.9 Å². The average Bonchev–Trinajstić information content (AvgIpc) is 3.48. The second-order valence-corrected chi connectivity index (χ2v) is 10.4. The van der Waals surface area contributed by atoms with Crippen LogP contribution in [-0.4, -0.2) is 11.5 Å². The molecule has 3 aliphatic heterocycles. The van der Waals surface area contributed by atoms with Gasteiger partial charge in [-0.05, 0) is 56.1 Å². The largest absolute Gasteiger partial charge is 0.376 e. The molecule has 0 atom stereocenters. The topological polar surface area (TPSA) is 12.1 Å². The molecule has 10 rings (SSSR count). The van der Waals surface area contributed by atoms with Gasteiger partial charge in [0.05, 0.1) is 11.3 Å². The van der Waals surface area contributed by atoms with Gasteiger partial charge in [-0.25, -0.2) is 9.49 Å². The molecule has 6 aromatic carbocycles. The molecule has 4 heterocycles. The Hall–Kier alpha value is -4.57. The Morgan fingerprint density at radius 1 is 0.611 bits per heavy atom. The molecular formula is C32H19BN3+. The molecule has 36 heavy (non-hydrogen) atoms. The van der Waals surface area contributed by atoms with Gasteiger partial charge in [-0.15, -0.1) is 4.68 Å². The van der Waals surface area contributed by atoms with E-state index in [0.29, 0.717) is 0 Å². The van der Waals surface area contributed by atoms with Gasteiger partial charge in [0, 0.05) is 10.9 Å². The molecule has 0 spiro atoms. The number of fused-ring (bicyclic) bond motifs is 11. The second-order valence-electron chi connectivity index (χ2n) is 10.4. The fourth-order valence-corrected chi connectivity index (χ4v) is 7.52. The molecule has 7 aromatic rings. The van der Waals surface area contributed by atoms with E-state index in [2.05, 4.69) is 117 Å². The lowest BCUT2D eigenvalue weighted by Crippen LogP contribution is -2.63. The Labute approximate surface area is 207 Å². The third-order valence-electron chi connectivity index (χ3n) is 8.78. The highest BCUT2D eigenvalue weighted by Gasteiger charge is 2.51. The molecule has 0 unspecified atom stereocenters. The molecule has 0 amide bonds. The summed E-state index contributed by atoms with van der Waals surface area (Å²) >= 11 is 0. The van der Waals surface area contributed by atoms with E-state index in [0.717, 1.165) is 6.54 Å². The highest BCUT2D eigenvalue weighted by Crippen LogP contribution is 2.45. The molecule has 0 fully saturated rings. The summed E-state index contributed by atoms with van der Waals surface area (Å²) in [5.41, 5.74) is 9.52. The minimum atomic E-state index is 0.123. The Morgan fingerprint density at radius 2 is 1.31 bits per heavy atom. The van der Waals surface area contributed by atoms with Gasteiger partial charge in [0.1, 0.15) is 6.54 Å². The van der Waals surface area contributed by atoms with Crippen molar-refractivity contribution in [1.82, 2.24) is 4.68 Å². The molecule has 0 saturated heterocycles. The van der Waals surface area contributed by atoms with Crippen molar-refractivity contribution in [3.8, 4) is 11.4 Å². The van der Waals surface area contributed by atoms with E-state index < -0.39 is 0 Å². The maximum atomic E-state index is 2.59. The molecular weight excluding hydrogens is 437 g/mol. The van der Waals surface area contributed by atoms with Gasteiger partial charge in [0.2, 0.25) is 0 Å². The summed E-state index contributed by atoms with van der Waals surface area (Å²) in [6.45, 7) is 1.05. The number of hydrogen-bond donors (Lipinski definition) is 0. The summed E-state index contributed by atoms with van der Waals surface area (Å²) in [4.78, 5) is 2.59. The molecule has 0 N–H and O–H groups in total. The molecule has 3 aliphatic rings. The standard InChI is InChI=1S/C32H19BN3/c1-2-10-21-20(9-1)22-11-6-14-25-30(22)31-23(21)12-7-17-28(31)36-33(25)24-13-5-8-19-18-34-26-15-3-4-16-27(26)35(36)32(34)29(19)24/h1-17H,18H2/q+1. The summed E-state index contributed by atoms with van der Waals surface area (Å²) in [6, 6.07) is 38.5. The first-order valence-electron chi connectivity index (χ1n) is 12.7. The maximum Gasteiger partial charge on any atom is 0.376 e. The van der Waals surface area contributed by atoms with Gasteiger partial charge in [0.25, 0.3) is 0 Å². The van der Waals surface area contributed by atoms with Crippen molar-refractivity contribution in [3.05, 3.63) is 109 Å². The second kappa shape index (κ2) is 5.80. The minimum absolute atomic E-state index is 0.123. The lowest BCUT2D eigenvalue weighted by Gasteiger charge is -2.38. The van der Waals surface area contributed by atoms with Crippen molar-refractivity contribution >= 4 is 66.8 Å². The Morgan fingerprint density at radius 3 is 2.19 bits per heavy atom. The first-order valence-corrected chi connectivity index (χ1v) is 12.7. The van der Waals surface area contributed by atoms with Gasteiger partial charge in [-0.2, -0.15) is 0 Å². The first kappa shape index (κ1) is 17.8. The van der Waals surface area contributed by atoms with Crippen molar-refractivity contribution in [2.75, 3.05) is 4.92 Å². The molecule has 0 bridgehead atoms. The van der Waals surface area contributed by atoms with E-state index >= 15 is 0 Å². The van der Waals surface area contributed by atoms with Crippen LogP contribution >= 0.6 is 0 Å². The Balaban J connectivity index is 1.50. The smallest absolute Gasteiger partial charge is 0.247 e. The van der Waals surface area contributed by atoms with Crippen LogP contribution in [0.25, 0.3) is 54.7 Å². The quantitative estimate of drug-likeness (QED) is 0.175. The zero-order valence-electron chi connectivity index (χ0n) is 19.4. The summed E-state index contributed by atoms with van der Waals surface area (Å²) in [5.74, 6) is 1.31. The molecule has 0 radical (unpaired) electrons. The maximum absolute atomic E-state index is 2.59. The van der Waals surface area contributed by atoms with E-state index in [1.165, 1.54) is 76.9 Å². The van der Waals surface area contributed by atoms with Crippen LogP contribution in [0.5, 0.6) is 0 Å². The third kappa shape index (κ3) is 1.79. The van der Waals surface area contributed by atoms with Crippen molar-refractivity contribution in [2.45, 2.75) is 6.54 Å². The van der Waals surface area contributed by atoms with Crippen molar-refractivity contribution in [3.63, 3.8) is 0 Å². The number of anilines is 1. The summed E-state index contributed by atoms with van der Waals surface area (Å²) in [5, 5.41) is 8.13. The zero-order valence-corrected chi connectivity index (χ0v) is 19.4. The number of imidazole rings is 1. The van der Waals surface area contributed by atoms with Crippen LogP contribution in [0.3, 0.4) is 0 Å². The summed E-state index contributed by atoms with van der Waals surface area (Å²) < 4.78 is 5.03. The molecule has 3 nitrogen and oxygen atoms in total. The number of rotatable bonds is 0. The van der Waals surface area contributed by atoms with Crippen LogP contribution < -0.4 is 20.4 Å². The normalized spacial score (nSPS) is 14.4. The highest BCUT2D eigenvalue weighted by atomic mass is 15.6. The predicted octanol–water partition coefficient (Wildman–Crippen LogP) is 5.12. The summed E-state index contributed by atoms with van der Waals surface area (Å²) in [6.07, 6.45) is 0. The average molecular weight is 456 g/mol. The number of para-hydroxylation sites is 2. The predicted molar refractivity (Wildman–Crippen MR) is 149 cm³/mol. The van der Waals surface area contributed by atoms with Crippen molar-refractivity contribution in [1.29, 1.82) is 0 Å². The zero-order chi connectivity index (χ0) is 23.1. The number of nitrogens with zero attached hydrogens (tertiary/aromatic N) is 3. The van der Waals surface area contributed by atoms with Crippen LogP contribution in [0.1, 0.15) is 5.56 Å². The lowest BCUT2D eigenvalue weighted by atomic mass is 9.45. The number of benzene rings is 6. The third-order valence-corrected chi connectivity index (χ3v) is 8.78. The molecule has 164 valence electrons. The minimum Gasteiger partial charge on any atom is -0.247 e. The van der Waals surface area contributed by atoms with Crippen molar-refractivity contribution in [2.24, 2.45) is 0 Å². The van der Waals surface area contributed by atoms with Crippen LogP contribution in [-0.2, 0) is 6.54 Å².